The van der Waals surface area contributed by atoms with Gasteiger partial charge in [0, 0.05) is 20.0 Å². The lowest BCUT2D eigenvalue weighted by atomic mass is 10.00. The fourth-order valence-corrected chi connectivity index (χ4v) is 4.13. The number of carbonyl (C=O) groups is 2. The number of para-hydroxylation sites is 2. The van der Waals surface area contributed by atoms with Gasteiger partial charge in [0.2, 0.25) is 0 Å². The number of anilines is 2. The third kappa shape index (κ3) is 4.08. The number of hydrogen-bond donors (Lipinski definition) is 2. The van der Waals surface area contributed by atoms with Crippen molar-refractivity contribution in [1.82, 2.24) is 9.55 Å². The number of carbonyl (C=O) groups excluding carboxylic acids is 2. The third-order valence-electron chi connectivity index (χ3n) is 5.12. The molecule has 3 heterocycles. The number of aromatic hydroxyl groups is 1. The number of halogens is 1. The lowest BCUT2D eigenvalue weighted by Gasteiger charge is -2.30. The van der Waals surface area contributed by atoms with E-state index in [0.717, 1.165) is 0 Å². The maximum Gasteiger partial charge on any atom is 0.351 e. The molecule has 1 aromatic carbocycles. The lowest BCUT2D eigenvalue weighted by Crippen LogP contribution is -2.47. The Morgan fingerprint density at radius 1 is 1.34 bits per heavy atom. The van der Waals surface area contributed by atoms with E-state index in [-0.39, 0.29) is 24.8 Å². The molecule has 170 valence electrons. The zero-order valence-electron chi connectivity index (χ0n) is 17.1. The van der Waals surface area contributed by atoms with Gasteiger partial charge < -0.3 is 29.4 Å². The summed E-state index contributed by atoms with van der Waals surface area (Å²) in [6.45, 7) is 2.31. The van der Waals surface area contributed by atoms with Crippen molar-refractivity contribution < 1.29 is 33.6 Å². The van der Waals surface area contributed by atoms with Crippen LogP contribution in [0.2, 0.25) is 0 Å². The van der Waals surface area contributed by atoms with Crippen LogP contribution >= 0.6 is 15.9 Å². The summed E-state index contributed by atoms with van der Waals surface area (Å²) < 4.78 is 24.0. The summed E-state index contributed by atoms with van der Waals surface area (Å²) in [6.07, 6.45) is -1.21. The van der Waals surface area contributed by atoms with Gasteiger partial charge in [-0.05, 0) is 28.1 Å². The van der Waals surface area contributed by atoms with Gasteiger partial charge in [-0.25, -0.2) is 4.79 Å². The molecule has 0 saturated carbocycles. The molecule has 2 bridgehead atoms. The van der Waals surface area contributed by atoms with Gasteiger partial charge in [0.15, 0.2) is 23.8 Å². The van der Waals surface area contributed by atoms with Crippen LogP contribution in [0.3, 0.4) is 0 Å². The van der Waals surface area contributed by atoms with E-state index in [0.29, 0.717) is 10.2 Å². The third-order valence-corrected chi connectivity index (χ3v) is 5.70. The first kappa shape index (κ1) is 22.2. The fraction of sp³-hybridized carbons (Fsp3) is 0.400. The Hall–Kier alpha value is -2.96. The van der Waals surface area contributed by atoms with Gasteiger partial charge >= 0.3 is 17.6 Å². The summed E-state index contributed by atoms with van der Waals surface area (Å²) >= 11 is 3.36. The van der Waals surface area contributed by atoms with E-state index in [1.165, 1.54) is 30.7 Å². The van der Waals surface area contributed by atoms with Crippen LogP contribution in [0.1, 0.15) is 20.1 Å². The zero-order chi connectivity index (χ0) is 23.0. The molecule has 4 rings (SSSR count). The van der Waals surface area contributed by atoms with Crippen molar-refractivity contribution in [3.8, 4) is 5.75 Å². The average Bonchev–Trinajstić information content (AvgIpc) is 3.22. The SMILES string of the molecule is CC(=O)OC[C@@]12CO[C@@H]([C@H](n3cc(Br)c(Nc4ccccc4O)nc3=O)O1)[C@@H]2OC(C)=O. The van der Waals surface area contributed by atoms with Crippen molar-refractivity contribution in [2.75, 3.05) is 18.5 Å². The highest BCUT2D eigenvalue weighted by Crippen LogP contribution is 2.46. The second-order valence-electron chi connectivity index (χ2n) is 7.43. The molecular formula is C20H20BrN3O8. The largest absolute Gasteiger partial charge is 0.506 e. The summed E-state index contributed by atoms with van der Waals surface area (Å²) in [5, 5.41) is 12.8. The molecule has 2 saturated heterocycles. The van der Waals surface area contributed by atoms with Crippen LogP contribution in [0.4, 0.5) is 11.5 Å². The topological polar surface area (TPSA) is 138 Å². The van der Waals surface area contributed by atoms with E-state index < -0.39 is 41.7 Å². The van der Waals surface area contributed by atoms with E-state index in [1.54, 1.807) is 18.2 Å². The molecule has 0 aliphatic carbocycles. The summed E-state index contributed by atoms with van der Waals surface area (Å²) in [4.78, 5) is 39.9. The minimum absolute atomic E-state index is 0.00755. The number of fused-ring (bicyclic) bond motifs is 2. The minimum atomic E-state index is -1.24. The van der Waals surface area contributed by atoms with Crippen LogP contribution in [-0.2, 0) is 28.5 Å². The van der Waals surface area contributed by atoms with E-state index in [2.05, 4.69) is 26.2 Å². The number of ether oxygens (including phenoxy) is 4. The molecule has 12 heteroatoms. The standard InChI is InChI=1S/C20H20BrN3O8/c1-10(25)29-8-20-9-30-15(16(20)31-11(2)26)18(32-20)24-7-12(21)17(23-19(24)28)22-13-5-3-4-6-14(13)27/h3-7,15-16,18,27H,8-9H2,1-2H3,(H,22,23,28)/t15-,16+,18-,20+/m1/s1. The Bertz CT molecular complexity index is 1120. The highest BCUT2D eigenvalue weighted by Gasteiger charge is 2.65. The molecule has 32 heavy (non-hydrogen) atoms. The normalized spacial score (nSPS) is 26.0. The number of phenolic OH excluding ortho intramolecular Hbond substituents is 1. The second kappa shape index (κ2) is 8.52. The molecule has 1 aromatic heterocycles. The van der Waals surface area contributed by atoms with E-state index in [1.807, 2.05) is 0 Å². The van der Waals surface area contributed by atoms with Gasteiger partial charge in [0.05, 0.1) is 16.8 Å². The molecule has 2 aliphatic heterocycles. The van der Waals surface area contributed by atoms with Gasteiger partial charge in [-0.3, -0.25) is 14.2 Å². The Balaban J connectivity index is 1.64. The smallest absolute Gasteiger partial charge is 0.351 e. The fourth-order valence-electron chi connectivity index (χ4n) is 3.72. The monoisotopic (exact) mass is 509 g/mol. The molecule has 0 unspecified atom stereocenters. The van der Waals surface area contributed by atoms with Crippen molar-refractivity contribution in [3.05, 3.63) is 45.4 Å². The Labute approximate surface area is 190 Å². The van der Waals surface area contributed by atoms with Gasteiger partial charge in [-0.2, -0.15) is 4.98 Å². The molecule has 2 N–H and O–H groups in total. The highest BCUT2D eigenvalue weighted by molar-refractivity contribution is 9.10. The van der Waals surface area contributed by atoms with Crippen LogP contribution in [0, 0.1) is 0 Å². The minimum Gasteiger partial charge on any atom is -0.506 e. The van der Waals surface area contributed by atoms with Crippen LogP contribution in [-0.4, -0.2) is 57.6 Å². The number of rotatable bonds is 6. The molecule has 2 fully saturated rings. The number of aromatic nitrogens is 2. The number of phenols is 1. The summed E-state index contributed by atoms with van der Waals surface area (Å²) in [6, 6.07) is 6.51. The first-order valence-electron chi connectivity index (χ1n) is 9.64. The van der Waals surface area contributed by atoms with Gasteiger partial charge in [0.1, 0.15) is 18.5 Å². The first-order valence-corrected chi connectivity index (χ1v) is 10.4. The van der Waals surface area contributed by atoms with Gasteiger partial charge in [-0.15, -0.1) is 0 Å². The summed E-state index contributed by atoms with van der Waals surface area (Å²) in [5.74, 6) is -0.914. The summed E-state index contributed by atoms with van der Waals surface area (Å²) in [7, 11) is 0. The van der Waals surface area contributed by atoms with Crippen molar-refractivity contribution in [2.24, 2.45) is 0 Å². The highest BCUT2D eigenvalue weighted by atomic mass is 79.9. The summed E-state index contributed by atoms with van der Waals surface area (Å²) in [5.41, 5.74) is -1.55. The zero-order valence-corrected chi connectivity index (χ0v) is 18.7. The first-order chi connectivity index (χ1) is 15.2. The van der Waals surface area contributed by atoms with Crippen LogP contribution < -0.4 is 11.0 Å². The molecule has 2 aliphatic rings. The average molecular weight is 510 g/mol. The Kier molecular flexibility index (Phi) is 5.93. The van der Waals surface area contributed by atoms with Crippen LogP contribution in [0.5, 0.6) is 5.75 Å². The lowest BCUT2D eigenvalue weighted by molar-refractivity contribution is -0.198. The van der Waals surface area contributed by atoms with E-state index >= 15 is 0 Å². The molecular weight excluding hydrogens is 490 g/mol. The quantitative estimate of drug-likeness (QED) is 0.436. The number of nitrogens with zero attached hydrogens (tertiary/aromatic N) is 2. The van der Waals surface area contributed by atoms with E-state index in [9.17, 15) is 19.5 Å². The van der Waals surface area contributed by atoms with Gasteiger partial charge in [-0.1, -0.05) is 12.1 Å². The maximum absolute atomic E-state index is 12.8. The van der Waals surface area contributed by atoms with Gasteiger partial charge in [0.25, 0.3) is 0 Å². The van der Waals surface area contributed by atoms with Crippen LogP contribution in [0.15, 0.2) is 39.7 Å². The molecule has 4 atom stereocenters. The number of benzene rings is 1. The predicted molar refractivity (Wildman–Crippen MR) is 112 cm³/mol. The van der Waals surface area contributed by atoms with Crippen LogP contribution in [0.25, 0.3) is 0 Å². The molecule has 0 spiro atoms. The van der Waals surface area contributed by atoms with E-state index in [4.69, 9.17) is 18.9 Å². The maximum atomic E-state index is 12.8. The van der Waals surface area contributed by atoms with Crippen molar-refractivity contribution in [1.29, 1.82) is 0 Å². The molecule has 2 aromatic rings. The predicted octanol–water partition coefficient (Wildman–Crippen LogP) is 1.62. The number of hydrogen-bond acceptors (Lipinski definition) is 10. The molecule has 11 nitrogen and oxygen atoms in total. The molecule has 0 amide bonds. The molecule has 0 radical (unpaired) electrons. The van der Waals surface area contributed by atoms with Crippen molar-refractivity contribution >= 4 is 39.4 Å². The van der Waals surface area contributed by atoms with Crippen molar-refractivity contribution in [3.63, 3.8) is 0 Å². The Morgan fingerprint density at radius 3 is 2.78 bits per heavy atom. The van der Waals surface area contributed by atoms with Crippen molar-refractivity contribution in [2.45, 2.75) is 37.9 Å². The Morgan fingerprint density at radius 2 is 2.09 bits per heavy atom. The number of nitrogens with one attached hydrogen (secondary N) is 1. The number of esters is 2. The second-order valence-corrected chi connectivity index (χ2v) is 8.28.